The minimum Gasteiger partial charge on any atom is -0.346 e. The second-order valence-electron chi connectivity index (χ2n) is 5.21. The Morgan fingerprint density at radius 2 is 2.29 bits per heavy atom. The Kier molecular flexibility index (Phi) is 3.70. The van der Waals surface area contributed by atoms with Crippen molar-refractivity contribution in [2.45, 2.75) is 25.9 Å². The van der Waals surface area contributed by atoms with Gasteiger partial charge < -0.3 is 10.6 Å². The summed E-state index contributed by atoms with van der Waals surface area (Å²) < 4.78 is 3.51. The van der Waals surface area contributed by atoms with Crippen molar-refractivity contribution in [3.63, 3.8) is 0 Å². The van der Waals surface area contributed by atoms with E-state index in [1.54, 1.807) is 15.6 Å². The minimum absolute atomic E-state index is 0.209. The van der Waals surface area contributed by atoms with Crippen molar-refractivity contribution in [1.82, 2.24) is 35.4 Å². The van der Waals surface area contributed by atoms with Gasteiger partial charge in [-0.15, -0.1) is 5.10 Å². The molecule has 1 fully saturated rings. The van der Waals surface area contributed by atoms with Gasteiger partial charge in [-0.25, -0.2) is 4.68 Å². The fourth-order valence-electron chi connectivity index (χ4n) is 2.31. The second kappa shape index (κ2) is 5.65. The summed E-state index contributed by atoms with van der Waals surface area (Å²) in [4.78, 5) is 12.1. The number of carbonyl (C=O) groups is 1. The zero-order valence-electron chi connectivity index (χ0n) is 12.2. The summed E-state index contributed by atoms with van der Waals surface area (Å²) in [6.07, 6.45) is 4.47. The summed E-state index contributed by atoms with van der Waals surface area (Å²) in [6, 6.07) is 0.309. The molecular formula is C13H19N7O. The smallest absolute Gasteiger partial charge is 0.273 e. The van der Waals surface area contributed by atoms with Crippen LogP contribution in [-0.4, -0.2) is 43.8 Å². The monoisotopic (exact) mass is 289 g/mol. The van der Waals surface area contributed by atoms with Crippen LogP contribution in [0.15, 0.2) is 12.4 Å². The topological polar surface area (TPSA) is 89.7 Å². The molecule has 1 saturated heterocycles. The highest BCUT2D eigenvalue weighted by molar-refractivity contribution is 5.91. The molecule has 112 valence electrons. The first kappa shape index (κ1) is 13.7. The van der Waals surface area contributed by atoms with Crippen LogP contribution in [0.1, 0.15) is 34.7 Å². The van der Waals surface area contributed by atoms with Crippen LogP contribution >= 0.6 is 0 Å². The van der Waals surface area contributed by atoms with E-state index >= 15 is 0 Å². The van der Waals surface area contributed by atoms with Gasteiger partial charge in [0.05, 0.1) is 17.9 Å². The number of aryl methyl sites for hydroxylation is 2. The van der Waals surface area contributed by atoms with Gasteiger partial charge in [0.2, 0.25) is 0 Å². The molecule has 0 spiro atoms. The molecule has 2 N–H and O–H groups in total. The molecule has 1 aliphatic heterocycles. The minimum atomic E-state index is -0.209. The largest absolute Gasteiger partial charge is 0.346 e. The van der Waals surface area contributed by atoms with E-state index in [0.29, 0.717) is 18.3 Å². The number of nitrogens with zero attached hydrogens (tertiary/aromatic N) is 5. The predicted molar refractivity (Wildman–Crippen MR) is 75.7 cm³/mol. The number of aromatic nitrogens is 5. The van der Waals surface area contributed by atoms with Crippen LogP contribution < -0.4 is 10.6 Å². The normalized spacial score (nSPS) is 15.0. The van der Waals surface area contributed by atoms with Crippen LogP contribution in [0, 0.1) is 0 Å². The number of hydrogen-bond donors (Lipinski definition) is 2. The second-order valence-corrected chi connectivity index (χ2v) is 5.21. The highest BCUT2D eigenvalue weighted by atomic mass is 16.2. The van der Waals surface area contributed by atoms with Gasteiger partial charge in [0, 0.05) is 38.4 Å². The maximum Gasteiger partial charge on any atom is 0.273 e. The van der Waals surface area contributed by atoms with E-state index in [1.807, 2.05) is 20.2 Å². The Labute approximate surface area is 122 Å². The number of amides is 1. The summed E-state index contributed by atoms with van der Waals surface area (Å²) in [6.45, 7) is 4.25. The first-order valence-corrected chi connectivity index (χ1v) is 7.09. The van der Waals surface area contributed by atoms with Crippen LogP contribution in [0.5, 0.6) is 0 Å². The number of rotatable bonds is 5. The third-order valence-electron chi connectivity index (χ3n) is 3.64. The lowest BCUT2D eigenvalue weighted by Crippen LogP contribution is -2.43. The zero-order valence-corrected chi connectivity index (χ0v) is 12.2. The molecule has 0 aromatic carbocycles. The van der Waals surface area contributed by atoms with E-state index in [2.05, 4.69) is 26.0 Å². The van der Waals surface area contributed by atoms with Crippen LogP contribution in [0.3, 0.4) is 0 Å². The molecule has 8 nitrogen and oxygen atoms in total. The van der Waals surface area contributed by atoms with Crippen LogP contribution in [0.2, 0.25) is 0 Å². The lowest BCUT2D eigenvalue weighted by molar-refractivity contribution is 0.0945. The van der Waals surface area contributed by atoms with Gasteiger partial charge in [-0.3, -0.25) is 9.48 Å². The fraction of sp³-hybridized carbons (Fsp3) is 0.538. The van der Waals surface area contributed by atoms with Crippen molar-refractivity contribution in [2.24, 2.45) is 7.05 Å². The Bertz CT molecular complexity index is 641. The van der Waals surface area contributed by atoms with Crippen molar-refractivity contribution in [1.29, 1.82) is 0 Å². The Morgan fingerprint density at radius 3 is 2.95 bits per heavy atom. The molecule has 21 heavy (non-hydrogen) atoms. The van der Waals surface area contributed by atoms with Crippen molar-refractivity contribution >= 4 is 5.91 Å². The third kappa shape index (κ3) is 2.80. The van der Waals surface area contributed by atoms with Crippen molar-refractivity contribution in [2.75, 3.05) is 13.1 Å². The molecule has 2 aromatic heterocycles. The van der Waals surface area contributed by atoms with Crippen molar-refractivity contribution in [3.05, 3.63) is 29.3 Å². The quantitative estimate of drug-likeness (QED) is 0.785. The summed E-state index contributed by atoms with van der Waals surface area (Å²) in [5.74, 6) is -0.209. The van der Waals surface area contributed by atoms with Crippen molar-refractivity contribution < 1.29 is 4.79 Å². The van der Waals surface area contributed by atoms with E-state index in [4.69, 9.17) is 0 Å². The van der Waals surface area contributed by atoms with Crippen LogP contribution in [0.4, 0.5) is 0 Å². The first-order valence-electron chi connectivity index (χ1n) is 7.09. The van der Waals surface area contributed by atoms with Gasteiger partial charge >= 0.3 is 0 Å². The highest BCUT2D eigenvalue weighted by Gasteiger charge is 2.21. The van der Waals surface area contributed by atoms with Gasteiger partial charge in [0.15, 0.2) is 5.69 Å². The molecule has 0 atom stereocenters. The first-order chi connectivity index (χ1) is 10.2. The molecule has 0 aliphatic carbocycles. The SMILES string of the molecule is CCc1nn(C)cc1CNC(=O)c1cn(C2CNC2)nn1. The molecule has 0 bridgehead atoms. The number of nitrogens with one attached hydrogen (secondary N) is 2. The molecule has 0 radical (unpaired) electrons. The molecule has 0 unspecified atom stereocenters. The lowest BCUT2D eigenvalue weighted by atomic mass is 10.2. The van der Waals surface area contributed by atoms with Crippen molar-refractivity contribution in [3.8, 4) is 0 Å². The van der Waals surface area contributed by atoms with Gasteiger partial charge in [-0.2, -0.15) is 5.10 Å². The molecule has 8 heteroatoms. The molecule has 3 rings (SSSR count). The van der Waals surface area contributed by atoms with Crippen LogP contribution in [-0.2, 0) is 20.0 Å². The summed E-state index contributed by atoms with van der Waals surface area (Å²) in [7, 11) is 1.88. The molecule has 2 aromatic rings. The van der Waals surface area contributed by atoms with Gasteiger partial charge in [0.1, 0.15) is 0 Å². The Hall–Kier alpha value is -2.22. The van der Waals surface area contributed by atoms with Gasteiger partial charge in [-0.05, 0) is 6.42 Å². The third-order valence-corrected chi connectivity index (χ3v) is 3.64. The van der Waals surface area contributed by atoms with Gasteiger partial charge in [0.25, 0.3) is 5.91 Å². The van der Waals surface area contributed by atoms with E-state index in [0.717, 1.165) is 30.8 Å². The Morgan fingerprint density at radius 1 is 1.48 bits per heavy atom. The summed E-state index contributed by atoms with van der Waals surface area (Å²) in [5.41, 5.74) is 2.38. The molecular weight excluding hydrogens is 270 g/mol. The molecule has 3 heterocycles. The predicted octanol–water partition coefficient (Wildman–Crippen LogP) is -0.352. The van der Waals surface area contributed by atoms with Gasteiger partial charge in [-0.1, -0.05) is 12.1 Å². The maximum absolute atomic E-state index is 12.1. The van der Waals surface area contributed by atoms with E-state index < -0.39 is 0 Å². The van der Waals surface area contributed by atoms with E-state index in [9.17, 15) is 4.79 Å². The standard InChI is InChI=1S/C13H19N7O/c1-3-11-9(7-19(2)17-11)4-15-13(21)12-8-20(18-16-12)10-5-14-6-10/h7-8,10,14H,3-6H2,1-2H3,(H,15,21). The Balaban J connectivity index is 1.61. The lowest BCUT2D eigenvalue weighted by Gasteiger charge is -2.26. The number of hydrogen-bond acceptors (Lipinski definition) is 5. The zero-order chi connectivity index (χ0) is 14.8. The average Bonchev–Trinajstić information content (AvgIpc) is 3.01. The van der Waals surface area contributed by atoms with E-state index in [1.165, 1.54) is 0 Å². The summed E-state index contributed by atoms with van der Waals surface area (Å²) in [5, 5.41) is 18.3. The summed E-state index contributed by atoms with van der Waals surface area (Å²) >= 11 is 0. The fourth-order valence-corrected chi connectivity index (χ4v) is 2.31. The molecule has 1 aliphatic rings. The maximum atomic E-state index is 12.1. The average molecular weight is 289 g/mol. The van der Waals surface area contributed by atoms with Crippen LogP contribution in [0.25, 0.3) is 0 Å². The number of carbonyl (C=O) groups excluding carboxylic acids is 1. The van der Waals surface area contributed by atoms with E-state index in [-0.39, 0.29) is 5.91 Å². The highest BCUT2D eigenvalue weighted by Crippen LogP contribution is 2.10. The molecule has 0 saturated carbocycles. The molecule has 1 amide bonds.